The van der Waals surface area contributed by atoms with Crippen molar-refractivity contribution >= 4 is 15.7 Å². The van der Waals surface area contributed by atoms with Crippen molar-refractivity contribution in [1.82, 2.24) is 5.32 Å². The molecule has 138 valence electrons. The van der Waals surface area contributed by atoms with E-state index in [-0.39, 0.29) is 13.1 Å². The van der Waals surface area contributed by atoms with Gasteiger partial charge in [0.15, 0.2) is 0 Å². The van der Waals surface area contributed by atoms with Crippen molar-refractivity contribution in [2.75, 3.05) is 23.7 Å². The predicted octanol–water partition coefficient (Wildman–Crippen LogP) is 2.12. The van der Waals surface area contributed by atoms with Crippen molar-refractivity contribution in [3.05, 3.63) is 53.0 Å². The Morgan fingerprint density at radius 2 is 1.88 bits per heavy atom. The van der Waals surface area contributed by atoms with Gasteiger partial charge in [0, 0.05) is 6.54 Å². The van der Waals surface area contributed by atoms with Gasteiger partial charge in [0.1, 0.15) is 5.76 Å². The second kappa shape index (κ2) is 8.03. The lowest BCUT2D eigenvalue weighted by atomic mass is 10.0. The maximum absolute atomic E-state index is 12.3. The van der Waals surface area contributed by atoms with Crippen molar-refractivity contribution in [1.29, 1.82) is 0 Å². The first-order valence-electron chi connectivity index (χ1n) is 8.15. The smallest absolute Gasteiger partial charge is 0.232 e. The Bertz CT molecular complexity index is 777. The van der Waals surface area contributed by atoms with Gasteiger partial charge in [-0.3, -0.25) is 4.31 Å². The molecule has 1 aromatic heterocycles. The zero-order chi connectivity index (χ0) is 18.6. The van der Waals surface area contributed by atoms with Crippen molar-refractivity contribution in [3.63, 3.8) is 0 Å². The first-order chi connectivity index (χ1) is 11.7. The summed E-state index contributed by atoms with van der Waals surface area (Å²) in [5.41, 5.74) is 3.46. The highest BCUT2D eigenvalue weighted by molar-refractivity contribution is 7.92. The molecule has 0 aliphatic carbocycles. The SMILES string of the molecule is Cc1cc(C)c(N(C[C@H](O)CNCc2ccco2)S(C)(=O)=O)c(C)c1. The monoisotopic (exact) mass is 366 g/mol. The number of furan rings is 1. The summed E-state index contributed by atoms with van der Waals surface area (Å²) in [6, 6.07) is 7.52. The number of aliphatic hydroxyl groups excluding tert-OH is 1. The predicted molar refractivity (Wildman–Crippen MR) is 99.3 cm³/mol. The van der Waals surface area contributed by atoms with Crippen LogP contribution in [0.3, 0.4) is 0 Å². The number of hydrogen-bond donors (Lipinski definition) is 2. The summed E-state index contributed by atoms with van der Waals surface area (Å²) in [6.07, 6.45) is 1.90. The number of aryl methyl sites for hydroxylation is 3. The van der Waals surface area contributed by atoms with Crippen LogP contribution in [0, 0.1) is 20.8 Å². The fourth-order valence-corrected chi connectivity index (χ4v) is 4.05. The number of sulfonamides is 1. The molecule has 0 aliphatic heterocycles. The third kappa shape index (κ3) is 5.32. The lowest BCUT2D eigenvalue weighted by Gasteiger charge is -2.28. The Labute approximate surface area is 149 Å². The normalized spacial score (nSPS) is 13.0. The minimum Gasteiger partial charge on any atom is -0.468 e. The van der Waals surface area contributed by atoms with Crippen LogP contribution in [0.5, 0.6) is 0 Å². The molecule has 0 saturated carbocycles. The average molecular weight is 366 g/mol. The van der Waals surface area contributed by atoms with Crippen LogP contribution in [-0.2, 0) is 16.6 Å². The van der Waals surface area contributed by atoms with E-state index in [0.717, 1.165) is 28.7 Å². The van der Waals surface area contributed by atoms with Gasteiger partial charge in [0.2, 0.25) is 10.0 Å². The first kappa shape index (κ1) is 19.5. The maximum atomic E-state index is 12.3. The molecule has 0 amide bonds. The second-order valence-electron chi connectivity index (χ2n) is 6.41. The largest absolute Gasteiger partial charge is 0.468 e. The van der Waals surface area contributed by atoms with Gasteiger partial charge in [0.05, 0.1) is 37.4 Å². The Kier molecular flexibility index (Phi) is 6.26. The highest BCUT2D eigenvalue weighted by Crippen LogP contribution is 2.28. The van der Waals surface area contributed by atoms with E-state index >= 15 is 0 Å². The number of nitrogens with zero attached hydrogens (tertiary/aromatic N) is 1. The molecule has 7 heteroatoms. The number of aliphatic hydroxyl groups is 1. The fourth-order valence-electron chi connectivity index (χ4n) is 2.99. The van der Waals surface area contributed by atoms with Gasteiger partial charge in [0.25, 0.3) is 0 Å². The quantitative estimate of drug-likeness (QED) is 0.748. The molecule has 1 aromatic carbocycles. The molecule has 1 heterocycles. The molecule has 25 heavy (non-hydrogen) atoms. The summed E-state index contributed by atoms with van der Waals surface area (Å²) in [6.45, 7) is 6.48. The molecular weight excluding hydrogens is 340 g/mol. The molecule has 0 saturated heterocycles. The zero-order valence-corrected chi connectivity index (χ0v) is 15.9. The van der Waals surface area contributed by atoms with Crippen molar-refractivity contribution < 1.29 is 17.9 Å². The molecular formula is C18H26N2O4S. The molecule has 2 aromatic rings. The Morgan fingerprint density at radius 3 is 2.40 bits per heavy atom. The summed E-state index contributed by atoms with van der Waals surface area (Å²) < 4.78 is 31.1. The summed E-state index contributed by atoms with van der Waals surface area (Å²) in [4.78, 5) is 0. The van der Waals surface area contributed by atoms with Crippen LogP contribution in [-0.4, -0.2) is 39.0 Å². The lowest BCUT2D eigenvalue weighted by Crippen LogP contribution is -2.41. The molecule has 0 radical (unpaired) electrons. The number of nitrogens with one attached hydrogen (secondary N) is 1. The van der Waals surface area contributed by atoms with Crippen molar-refractivity contribution in [2.24, 2.45) is 0 Å². The van der Waals surface area contributed by atoms with E-state index < -0.39 is 16.1 Å². The van der Waals surface area contributed by atoms with Gasteiger partial charge in [-0.2, -0.15) is 0 Å². The summed E-state index contributed by atoms with van der Waals surface area (Å²) in [5.74, 6) is 0.761. The number of rotatable bonds is 8. The number of benzene rings is 1. The molecule has 2 N–H and O–H groups in total. The van der Waals surface area contributed by atoms with E-state index in [9.17, 15) is 13.5 Å². The standard InChI is InChI=1S/C18H26N2O4S/c1-13-8-14(2)18(15(3)9-13)20(25(4,22)23)12-16(21)10-19-11-17-6-5-7-24-17/h5-9,16,19,21H,10-12H2,1-4H3/t16-/m1/s1. The van der Waals surface area contributed by atoms with Gasteiger partial charge >= 0.3 is 0 Å². The Hall–Kier alpha value is -1.83. The number of hydrogen-bond acceptors (Lipinski definition) is 5. The topological polar surface area (TPSA) is 82.8 Å². The summed E-state index contributed by atoms with van der Waals surface area (Å²) in [7, 11) is -3.51. The lowest BCUT2D eigenvalue weighted by molar-refractivity contribution is 0.179. The molecule has 0 aliphatic rings. The molecule has 0 spiro atoms. The number of anilines is 1. The van der Waals surface area contributed by atoms with E-state index in [4.69, 9.17) is 4.42 Å². The third-order valence-electron chi connectivity index (χ3n) is 3.92. The van der Waals surface area contributed by atoms with Crippen LogP contribution >= 0.6 is 0 Å². The molecule has 0 unspecified atom stereocenters. The van der Waals surface area contributed by atoms with E-state index in [1.165, 1.54) is 4.31 Å². The highest BCUT2D eigenvalue weighted by Gasteiger charge is 2.24. The summed E-state index contributed by atoms with van der Waals surface area (Å²) in [5, 5.41) is 13.4. The highest BCUT2D eigenvalue weighted by atomic mass is 32.2. The van der Waals surface area contributed by atoms with Crippen molar-refractivity contribution in [2.45, 2.75) is 33.4 Å². The first-order valence-corrected chi connectivity index (χ1v) is 10.00. The van der Waals surface area contributed by atoms with Gasteiger partial charge in [-0.15, -0.1) is 0 Å². The second-order valence-corrected chi connectivity index (χ2v) is 8.31. The maximum Gasteiger partial charge on any atom is 0.232 e. The fraction of sp³-hybridized carbons (Fsp3) is 0.444. The van der Waals surface area contributed by atoms with E-state index in [1.807, 2.05) is 39.0 Å². The van der Waals surface area contributed by atoms with Crippen LogP contribution in [0.15, 0.2) is 34.9 Å². The van der Waals surface area contributed by atoms with Crippen LogP contribution in [0.4, 0.5) is 5.69 Å². The summed E-state index contributed by atoms with van der Waals surface area (Å²) >= 11 is 0. The van der Waals surface area contributed by atoms with Crippen LogP contribution < -0.4 is 9.62 Å². The molecule has 1 atom stereocenters. The van der Waals surface area contributed by atoms with Crippen LogP contribution in [0.1, 0.15) is 22.5 Å². The van der Waals surface area contributed by atoms with Gasteiger partial charge in [-0.1, -0.05) is 17.7 Å². The van der Waals surface area contributed by atoms with Gasteiger partial charge < -0.3 is 14.8 Å². The average Bonchev–Trinajstić information content (AvgIpc) is 2.97. The Balaban J connectivity index is 2.11. The van der Waals surface area contributed by atoms with E-state index in [1.54, 1.807) is 12.3 Å². The van der Waals surface area contributed by atoms with E-state index in [0.29, 0.717) is 12.2 Å². The molecule has 0 bridgehead atoms. The molecule has 0 fully saturated rings. The van der Waals surface area contributed by atoms with Crippen molar-refractivity contribution in [3.8, 4) is 0 Å². The van der Waals surface area contributed by atoms with Gasteiger partial charge in [-0.05, 0) is 44.0 Å². The van der Waals surface area contributed by atoms with Crippen LogP contribution in [0.25, 0.3) is 0 Å². The van der Waals surface area contributed by atoms with Crippen LogP contribution in [0.2, 0.25) is 0 Å². The van der Waals surface area contributed by atoms with E-state index in [2.05, 4.69) is 5.32 Å². The minimum absolute atomic E-state index is 0.00523. The third-order valence-corrected chi connectivity index (χ3v) is 5.05. The zero-order valence-electron chi connectivity index (χ0n) is 15.1. The molecule has 6 nitrogen and oxygen atoms in total. The van der Waals surface area contributed by atoms with Gasteiger partial charge in [-0.25, -0.2) is 8.42 Å². The Morgan fingerprint density at radius 1 is 1.24 bits per heavy atom. The minimum atomic E-state index is -3.51. The molecule has 2 rings (SSSR count).